The SMILES string of the molecule is COc1ccc(CNC(=O)C(=O)N/N=C\c2ccc(OCC(=O)Nc3cccc(Cl)c3Cl)cc2)cc1. The van der Waals surface area contributed by atoms with Crippen LogP contribution in [0.3, 0.4) is 0 Å². The fraction of sp³-hybridized carbons (Fsp3) is 0.120. The number of ether oxygens (including phenoxy) is 2. The lowest BCUT2D eigenvalue weighted by atomic mass is 10.2. The molecule has 0 fully saturated rings. The molecule has 0 heterocycles. The van der Waals surface area contributed by atoms with Crippen LogP contribution < -0.4 is 25.5 Å². The van der Waals surface area contributed by atoms with Crippen LogP contribution >= 0.6 is 23.2 Å². The van der Waals surface area contributed by atoms with E-state index in [4.69, 9.17) is 32.7 Å². The van der Waals surface area contributed by atoms with E-state index in [0.717, 1.165) is 5.56 Å². The fourth-order valence-corrected chi connectivity index (χ4v) is 3.16. The van der Waals surface area contributed by atoms with Gasteiger partial charge >= 0.3 is 11.8 Å². The maximum Gasteiger partial charge on any atom is 0.329 e. The van der Waals surface area contributed by atoms with Gasteiger partial charge in [-0.1, -0.05) is 41.4 Å². The molecular weight excluding hydrogens is 507 g/mol. The third kappa shape index (κ3) is 8.00. The van der Waals surface area contributed by atoms with E-state index < -0.39 is 17.7 Å². The minimum absolute atomic E-state index is 0.186. The summed E-state index contributed by atoms with van der Waals surface area (Å²) >= 11 is 12.0. The van der Waals surface area contributed by atoms with Crippen molar-refractivity contribution in [1.82, 2.24) is 10.7 Å². The van der Waals surface area contributed by atoms with Crippen LogP contribution in [0.2, 0.25) is 10.0 Å². The van der Waals surface area contributed by atoms with Gasteiger partial charge in [-0.15, -0.1) is 0 Å². The number of rotatable bonds is 9. The van der Waals surface area contributed by atoms with E-state index in [1.54, 1.807) is 73.8 Å². The second-order valence-corrected chi connectivity index (χ2v) is 8.02. The molecule has 0 unspecified atom stereocenters. The van der Waals surface area contributed by atoms with Crippen LogP contribution in [0.1, 0.15) is 11.1 Å². The average molecular weight is 529 g/mol. The maximum absolute atomic E-state index is 12.1. The van der Waals surface area contributed by atoms with E-state index >= 15 is 0 Å². The average Bonchev–Trinajstić information content (AvgIpc) is 2.89. The monoisotopic (exact) mass is 528 g/mol. The van der Waals surface area contributed by atoms with Gasteiger partial charge in [0.1, 0.15) is 11.5 Å². The number of anilines is 1. The number of halogens is 2. The molecule has 0 saturated heterocycles. The Balaban J connectivity index is 1.40. The molecule has 9 nitrogen and oxygen atoms in total. The zero-order valence-electron chi connectivity index (χ0n) is 19.1. The van der Waals surface area contributed by atoms with Gasteiger partial charge in [-0.3, -0.25) is 14.4 Å². The molecule has 36 heavy (non-hydrogen) atoms. The van der Waals surface area contributed by atoms with E-state index in [9.17, 15) is 14.4 Å². The van der Waals surface area contributed by atoms with Crippen molar-refractivity contribution in [2.45, 2.75) is 6.54 Å². The highest BCUT2D eigenvalue weighted by Gasteiger charge is 2.12. The number of hydrogen-bond acceptors (Lipinski definition) is 6. The van der Waals surface area contributed by atoms with Gasteiger partial charge in [0.2, 0.25) is 0 Å². The summed E-state index contributed by atoms with van der Waals surface area (Å²) in [5.41, 5.74) is 4.00. The second kappa shape index (κ2) is 13.1. The van der Waals surface area contributed by atoms with Crippen molar-refractivity contribution in [2.75, 3.05) is 19.0 Å². The summed E-state index contributed by atoms with van der Waals surface area (Å²) in [5.74, 6) is -0.977. The van der Waals surface area contributed by atoms with Crippen molar-refractivity contribution in [3.63, 3.8) is 0 Å². The number of benzene rings is 3. The molecule has 0 aliphatic heterocycles. The molecule has 0 spiro atoms. The van der Waals surface area contributed by atoms with Gasteiger partial charge in [-0.2, -0.15) is 5.10 Å². The van der Waals surface area contributed by atoms with Crippen molar-refractivity contribution in [3.8, 4) is 11.5 Å². The number of carbonyl (C=O) groups excluding carboxylic acids is 3. The first-order valence-corrected chi connectivity index (χ1v) is 11.3. The lowest BCUT2D eigenvalue weighted by molar-refractivity contribution is -0.139. The van der Waals surface area contributed by atoms with Gasteiger partial charge in [0.15, 0.2) is 6.61 Å². The smallest absolute Gasteiger partial charge is 0.329 e. The highest BCUT2D eigenvalue weighted by molar-refractivity contribution is 6.44. The first-order chi connectivity index (χ1) is 17.4. The summed E-state index contributed by atoms with van der Waals surface area (Å²) in [7, 11) is 1.56. The van der Waals surface area contributed by atoms with Crippen LogP contribution in [0, 0.1) is 0 Å². The fourth-order valence-electron chi connectivity index (χ4n) is 2.81. The molecule has 0 aliphatic carbocycles. The topological polar surface area (TPSA) is 118 Å². The standard InChI is InChI=1S/C25H22Cl2N4O5/c1-35-18-9-5-16(6-10-18)13-28-24(33)25(34)31-29-14-17-7-11-19(12-8-17)36-15-22(32)30-21-4-2-3-20(26)23(21)27/h2-12,14H,13,15H2,1H3,(H,28,33)(H,30,32)(H,31,34)/b29-14-. The van der Waals surface area contributed by atoms with Crippen molar-refractivity contribution in [2.24, 2.45) is 5.10 Å². The second-order valence-electron chi connectivity index (χ2n) is 7.24. The predicted molar refractivity (Wildman–Crippen MR) is 138 cm³/mol. The maximum atomic E-state index is 12.1. The molecule has 0 atom stereocenters. The number of carbonyl (C=O) groups is 3. The molecule has 11 heteroatoms. The molecule has 186 valence electrons. The van der Waals surface area contributed by atoms with Gasteiger partial charge in [-0.25, -0.2) is 5.43 Å². The van der Waals surface area contributed by atoms with Gasteiger partial charge < -0.3 is 20.1 Å². The predicted octanol–water partition coefficient (Wildman–Crippen LogP) is 3.79. The lowest BCUT2D eigenvalue weighted by Crippen LogP contribution is -2.37. The Labute approximate surface area is 217 Å². The number of hydrazone groups is 1. The third-order valence-corrected chi connectivity index (χ3v) is 5.49. The van der Waals surface area contributed by atoms with E-state index in [0.29, 0.717) is 27.8 Å². The Morgan fingerprint density at radius 1 is 0.917 bits per heavy atom. The normalized spacial score (nSPS) is 10.5. The molecule has 0 saturated carbocycles. The molecule has 0 aliphatic rings. The molecule has 3 N–H and O–H groups in total. The zero-order valence-corrected chi connectivity index (χ0v) is 20.6. The van der Waals surface area contributed by atoms with E-state index in [1.807, 2.05) is 0 Å². The van der Waals surface area contributed by atoms with E-state index in [1.165, 1.54) is 6.21 Å². The summed E-state index contributed by atoms with van der Waals surface area (Å²) in [6, 6.07) is 18.6. The molecular formula is C25H22Cl2N4O5. The Morgan fingerprint density at radius 2 is 1.61 bits per heavy atom. The third-order valence-electron chi connectivity index (χ3n) is 4.67. The highest BCUT2D eigenvalue weighted by Crippen LogP contribution is 2.29. The van der Waals surface area contributed by atoms with Crippen LogP contribution in [0.5, 0.6) is 11.5 Å². The van der Waals surface area contributed by atoms with Crippen molar-refractivity contribution in [3.05, 3.63) is 87.9 Å². The summed E-state index contributed by atoms with van der Waals surface area (Å²) in [6.45, 7) is -0.0520. The number of nitrogens with one attached hydrogen (secondary N) is 3. The molecule has 3 amide bonds. The quantitative estimate of drug-likeness (QED) is 0.222. The van der Waals surface area contributed by atoms with Gasteiger partial charge in [0, 0.05) is 6.54 Å². The molecule has 0 aromatic heterocycles. The van der Waals surface area contributed by atoms with Gasteiger partial charge in [0.05, 0.1) is 29.1 Å². The Morgan fingerprint density at radius 3 is 2.31 bits per heavy atom. The van der Waals surface area contributed by atoms with Crippen molar-refractivity contribution >= 4 is 52.8 Å². The van der Waals surface area contributed by atoms with Crippen LogP contribution in [-0.2, 0) is 20.9 Å². The first-order valence-electron chi connectivity index (χ1n) is 10.6. The van der Waals surface area contributed by atoms with Crippen LogP contribution in [-0.4, -0.2) is 37.7 Å². The number of hydrogen-bond donors (Lipinski definition) is 3. The Bertz CT molecular complexity index is 1250. The molecule has 3 aromatic rings. The summed E-state index contributed by atoms with van der Waals surface area (Å²) in [6.07, 6.45) is 1.37. The molecule has 0 radical (unpaired) electrons. The van der Waals surface area contributed by atoms with E-state index in [-0.39, 0.29) is 18.2 Å². The largest absolute Gasteiger partial charge is 0.497 e. The summed E-state index contributed by atoms with van der Waals surface area (Å²) < 4.78 is 10.5. The minimum Gasteiger partial charge on any atom is -0.497 e. The highest BCUT2D eigenvalue weighted by atomic mass is 35.5. The Kier molecular flexibility index (Phi) is 9.67. The number of nitrogens with zero attached hydrogens (tertiary/aromatic N) is 1. The van der Waals surface area contributed by atoms with Crippen molar-refractivity contribution < 1.29 is 23.9 Å². The lowest BCUT2D eigenvalue weighted by Gasteiger charge is -2.09. The van der Waals surface area contributed by atoms with Crippen LogP contribution in [0.25, 0.3) is 0 Å². The summed E-state index contributed by atoms with van der Waals surface area (Å²) in [5, 5.41) is 9.49. The zero-order chi connectivity index (χ0) is 25.9. The minimum atomic E-state index is -0.898. The summed E-state index contributed by atoms with van der Waals surface area (Å²) in [4.78, 5) is 35.9. The van der Waals surface area contributed by atoms with Crippen LogP contribution in [0.4, 0.5) is 5.69 Å². The van der Waals surface area contributed by atoms with Gasteiger partial charge in [0.25, 0.3) is 5.91 Å². The molecule has 0 bridgehead atoms. The molecule has 3 rings (SSSR count). The number of methoxy groups -OCH3 is 1. The van der Waals surface area contributed by atoms with Crippen molar-refractivity contribution in [1.29, 1.82) is 0 Å². The first kappa shape index (κ1) is 26.5. The van der Waals surface area contributed by atoms with E-state index in [2.05, 4.69) is 21.2 Å². The molecule has 3 aromatic carbocycles. The van der Waals surface area contributed by atoms with Gasteiger partial charge in [-0.05, 0) is 59.7 Å². The Hall–Kier alpha value is -4.08. The van der Waals surface area contributed by atoms with Crippen LogP contribution in [0.15, 0.2) is 71.8 Å². The number of amides is 3.